The Morgan fingerprint density at radius 1 is 1.17 bits per heavy atom. The molecule has 1 fully saturated rings. The Morgan fingerprint density at radius 2 is 1.93 bits per heavy atom. The first kappa shape index (κ1) is 21.8. The van der Waals surface area contributed by atoms with Gasteiger partial charge in [0.05, 0.1) is 0 Å². The SMILES string of the molecule is CC(C)CN(C)C(=O)CCC1=NCCCc2ccnc(N(C)C3CCCCC3)c21. The first-order chi connectivity index (χ1) is 14.0. The molecular formula is C24H38N4O. The van der Waals surface area contributed by atoms with Crippen molar-refractivity contribution >= 4 is 17.4 Å². The van der Waals surface area contributed by atoms with E-state index < -0.39 is 0 Å². The van der Waals surface area contributed by atoms with Crippen LogP contribution >= 0.6 is 0 Å². The highest BCUT2D eigenvalue weighted by Gasteiger charge is 2.26. The maximum Gasteiger partial charge on any atom is 0.222 e. The third-order valence-corrected chi connectivity index (χ3v) is 6.31. The largest absolute Gasteiger partial charge is 0.356 e. The molecule has 1 aromatic rings. The van der Waals surface area contributed by atoms with Crippen molar-refractivity contribution in [2.75, 3.05) is 32.1 Å². The van der Waals surface area contributed by atoms with Crippen molar-refractivity contribution in [3.63, 3.8) is 0 Å². The Bertz CT molecular complexity index is 722. The van der Waals surface area contributed by atoms with Crippen LogP contribution in [0.15, 0.2) is 17.3 Å². The molecule has 1 aliphatic heterocycles. The Morgan fingerprint density at radius 3 is 2.66 bits per heavy atom. The molecule has 0 unspecified atom stereocenters. The maximum absolute atomic E-state index is 12.6. The van der Waals surface area contributed by atoms with Crippen molar-refractivity contribution in [2.24, 2.45) is 10.9 Å². The van der Waals surface area contributed by atoms with E-state index in [9.17, 15) is 4.79 Å². The average molecular weight is 399 g/mol. The molecule has 0 N–H and O–H groups in total. The predicted octanol–water partition coefficient (Wildman–Crippen LogP) is 4.48. The second-order valence-electron chi connectivity index (χ2n) is 9.17. The first-order valence-electron chi connectivity index (χ1n) is 11.5. The number of carbonyl (C=O) groups is 1. The van der Waals surface area contributed by atoms with E-state index in [-0.39, 0.29) is 5.91 Å². The number of anilines is 1. The van der Waals surface area contributed by atoms with E-state index in [2.05, 4.69) is 31.9 Å². The van der Waals surface area contributed by atoms with E-state index in [0.29, 0.717) is 24.8 Å². The van der Waals surface area contributed by atoms with Crippen LogP contribution in [0.1, 0.15) is 76.3 Å². The van der Waals surface area contributed by atoms with Crippen LogP contribution in [0.5, 0.6) is 0 Å². The second kappa shape index (κ2) is 10.2. The van der Waals surface area contributed by atoms with Gasteiger partial charge >= 0.3 is 0 Å². The molecule has 3 rings (SSSR count). The third-order valence-electron chi connectivity index (χ3n) is 6.31. The van der Waals surface area contributed by atoms with Crippen LogP contribution in [-0.4, -0.2) is 54.7 Å². The summed E-state index contributed by atoms with van der Waals surface area (Å²) in [4.78, 5) is 26.6. The van der Waals surface area contributed by atoms with Crippen molar-refractivity contribution < 1.29 is 4.79 Å². The van der Waals surface area contributed by atoms with Crippen molar-refractivity contribution in [1.29, 1.82) is 0 Å². The molecule has 0 atom stereocenters. The summed E-state index contributed by atoms with van der Waals surface area (Å²) in [5.74, 6) is 1.76. The number of pyridine rings is 1. The van der Waals surface area contributed by atoms with Gasteiger partial charge in [0.1, 0.15) is 5.82 Å². The molecule has 5 nitrogen and oxygen atoms in total. The average Bonchev–Trinajstić information content (AvgIpc) is 2.93. The van der Waals surface area contributed by atoms with Gasteiger partial charge < -0.3 is 9.80 Å². The van der Waals surface area contributed by atoms with Crippen molar-refractivity contribution in [3.05, 3.63) is 23.4 Å². The molecule has 5 heteroatoms. The van der Waals surface area contributed by atoms with Gasteiger partial charge in [-0.15, -0.1) is 0 Å². The number of rotatable bonds is 7. The lowest BCUT2D eigenvalue weighted by Crippen LogP contribution is -2.35. The molecule has 2 aliphatic rings. The van der Waals surface area contributed by atoms with Crippen LogP contribution < -0.4 is 4.90 Å². The summed E-state index contributed by atoms with van der Waals surface area (Å²) in [6.07, 6.45) is 11.7. The summed E-state index contributed by atoms with van der Waals surface area (Å²) < 4.78 is 0. The number of carbonyl (C=O) groups excluding carboxylic acids is 1. The Balaban J connectivity index is 1.80. The number of aromatic nitrogens is 1. The molecule has 0 saturated heterocycles. The topological polar surface area (TPSA) is 48.8 Å². The zero-order valence-corrected chi connectivity index (χ0v) is 18.8. The minimum atomic E-state index is 0.207. The summed E-state index contributed by atoms with van der Waals surface area (Å²) in [6.45, 7) is 5.94. The lowest BCUT2D eigenvalue weighted by atomic mass is 9.93. The molecule has 2 heterocycles. The molecule has 29 heavy (non-hydrogen) atoms. The van der Waals surface area contributed by atoms with E-state index in [1.807, 2.05) is 18.1 Å². The highest BCUT2D eigenvalue weighted by atomic mass is 16.2. The minimum Gasteiger partial charge on any atom is -0.356 e. The first-order valence-corrected chi connectivity index (χ1v) is 11.5. The predicted molar refractivity (Wildman–Crippen MR) is 121 cm³/mol. The smallest absolute Gasteiger partial charge is 0.222 e. The Labute approximate surface area is 176 Å². The molecule has 0 radical (unpaired) electrons. The Kier molecular flexibility index (Phi) is 7.68. The summed E-state index contributed by atoms with van der Waals surface area (Å²) in [7, 11) is 4.11. The normalized spacial score (nSPS) is 17.5. The lowest BCUT2D eigenvalue weighted by Gasteiger charge is -2.33. The number of aliphatic imine (C=N–C) groups is 1. The molecule has 1 aliphatic carbocycles. The Hall–Kier alpha value is -1.91. The zero-order chi connectivity index (χ0) is 20.8. The van der Waals surface area contributed by atoms with Gasteiger partial charge in [-0.2, -0.15) is 0 Å². The number of aryl methyl sites for hydroxylation is 1. The van der Waals surface area contributed by atoms with Crippen molar-refractivity contribution in [1.82, 2.24) is 9.88 Å². The van der Waals surface area contributed by atoms with E-state index in [4.69, 9.17) is 9.98 Å². The summed E-state index contributed by atoms with van der Waals surface area (Å²) in [5.41, 5.74) is 3.63. The zero-order valence-electron chi connectivity index (χ0n) is 18.8. The summed E-state index contributed by atoms with van der Waals surface area (Å²) in [5, 5.41) is 0. The van der Waals surface area contributed by atoms with Gasteiger partial charge in [0, 0.05) is 57.1 Å². The maximum atomic E-state index is 12.6. The number of amides is 1. The van der Waals surface area contributed by atoms with E-state index in [1.54, 1.807) is 0 Å². The van der Waals surface area contributed by atoms with Crippen molar-refractivity contribution in [3.8, 4) is 0 Å². The summed E-state index contributed by atoms with van der Waals surface area (Å²) in [6, 6.07) is 2.72. The number of fused-ring (bicyclic) bond motifs is 1. The molecule has 0 spiro atoms. The molecular weight excluding hydrogens is 360 g/mol. The van der Waals surface area contributed by atoms with Crippen LogP contribution in [0.4, 0.5) is 5.82 Å². The quantitative estimate of drug-likeness (QED) is 0.680. The summed E-state index contributed by atoms with van der Waals surface area (Å²) >= 11 is 0. The number of hydrogen-bond acceptors (Lipinski definition) is 4. The molecule has 160 valence electrons. The monoisotopic (exact) mass is 398 g/mol. The molecule has 1 amide bonds. The lowest BCUT2D eigenvalue weighted by molar-refractivity contribution is -0.130. The fourth-order valence-corrected chi connectivity index (χ4v) is 4.75. The van der Waals surface area contributed by atoms with Gasteiger partial charge in [0.15, 0.2) is 0 Å². The van der Waals surface area contributed by atoms with Crippen LogP contribution in [0, 0.1) is 5.92 Å². The molecule has 0 bridgehead atoms. The van der Waals surface area contributed by atoms with Gasteiger partial charge in [-0.3, -0.25) is 9.79 Å². The third kappa shape index (κ3) is 5.58. The highest BCUT2D eigenvalue weighted by Crippen LogP contribution is 2.31. The fraction of sp³-hybridized carbons (Fsp3) is 0.708. The molecule has 1 saturated carbocycles. The van der Waals surface area contributed by atoms with E-state index in [0.717, 1.165) is 37.5 Å². The van der Waals surface area contributed by atoms with E-state index in [1.165, 1.54) is 43.2 Å². The fourth-order valence-electron chi connectivity index (χ4n) is 4.75. The van der Waals surface area contributed by atoms with Gasteiger partial charge in [0.2, 0.25) is 5.91 Å². The van der Waals surface area contributed by atoms with Crippen molar-refractivity contribution in [2.45, 2.75) is 77.7 Å². The minimum absolute atomic E-state index is 0.207. The van der Waals surface area contributed by atoms with Gasteiger partial charge in [0.25, 0.3) is 0 Å². The van der Waals surface area contributed by atoms with Crippen LogP contribution in [0.25, 0.3) is 0 Å². The number of nitrogens with zero attached hydrogens (tertiary/aromatic N) is 4. The standard InChI is InChI=1S/C24H38N4O/c1-18(2)17-27(3)22(29)13-12-21-23-19(9-8-15-25-21)14-16-26-24(23)28(4)20-10-6-5-7-11-20/h14,16,18,20H,5-13,15,17H2,1-4H3. The number of hydrogen-bond donors (Lipinski definition) is 0. The van der Waals surface area contributed by atoms with Gasteiger partial charge in [-0.05, 0) is 49.7 Å². The van der Waals surface area contributed by atoms with Gasteiger partial charge in [-0.25, -0.2) is 4.98 Å². The highest BCUT2D eigenvalue weighted by molar-refractivity contribution is 6.07. The molecule has 0 aromatic carbocycles. The van der Waals surface area contributed by atoms with Crippen LogP contribution in [0.3, 0.4) is 0 Å². The van der Waals surface area contributed by atoms with E-state index >= 15 is 0 Å². The second-order valence-corrected chi connectivity index (χ2v) is 9.17. The molecule has 1 aromatic heterocycles. The van der Waals surface area contributed by atoms with Gasteiger partial charge in [-0.1, -0.05) is 33.1 Å². The van der Waals surface area contributed by atoms with Crippen LogP contribution in [0.2, 0.25) is 0 Å². The van der Waals surface area contributed by atoms with Crippen LogP contribution in [-0.2, 0) is 11.2 Å².